The van der Waals surface area contributed by atoms with Gasteiger partial charge in [0.25, 0.3) is 0 Å². The van der Waals surface area contributed by atoms with E-state index in [1.807, 2.05) is 27.7 Å². The van der Waals surface area contributed by atoms with E-state index in [9.17, 15) is 9.59 Å². The van der Waals surface area contributed by atoms with Gasteiger partial charge in [0.15, 0.2) is 8.32 Å². The summed E-state index contributed by atoms with van der Waals surface area (Å²) in [4.78, 5) is 23.8. The molecule has 112 valence electrons. The average molecular weight is 288 g/mol. The second-order valence-electron chi connectivity index (χ2n) is 6.39. The van der Waals surface area contributed by atoms with E-state index in [4.69, 9.17) is 4.43 Å². The van der Waals surface area contributed by atoms with Gasteiger partial charge in [-0.3, -0.25) is 14.5 Å². The predicted molar refractivity (Wildman–Crippen MR) is 78.8 cm³/mol. The molecule has 0 aromatic carbocycles. The number of nitrogens with one attached hydrogen (secondary N) is 1. The van der Waals surface area contributed by atoms with Gasteiger partial charge in [-0.15, -0.1) is 0 Å². The van der Waals surface area contributed by atoms with Crippen molar-refractivity contribution in [1.82, 2.24) is 10.2 Å². The first-order valence-corrected chi connectivity index (χ1v) is 10.1. The molecule has 0 aliphatic heterocycles. The van der Waals surface area contributed by atoms with Crippen LogP contribution in [0.5, 0.6) is 0 Å². The summed E-state index contributed by atoms with van der Waals surface area (Å²) in [6.45, 7) is 14.2. The Bertz CT molecular complexity index is 290. The van der Waals surface area contributed by atoms with Crippen LogP contribution in [0.1, 0.15) is 27.7 Å². The Hall–Kier alpha value is -0.883. The van der Waals surface area contributed by atoms with Crippen LogP contribution in [0.4, 0.5) is 0 Å². The molecule has 0 aromatic rings. The van der Waals surface area contributed by atoms with Gasteiger partial charge in [-0.2, -0.15) is 0 Å². The Balaban J connectivity index is 5.21. The fourth-order valence-corrected chi connectivity index (χ4v) is 3.00. The lowest BCUT2D eigenvalue weighted by Gasteiger charge is -2.41. The van der Waals surface area contributed by atoms with Crippen LogP contribution in [0.25, 0.3) is 0 Å². The van der Waals surface area contributed by atoms with Crippen LogP contribution >= 0.6 is 0 Å². The minimum Gasteiger partial charge on any atom is -0.397 e. The molecule has 0 radical (unpaired) electrons. The molecule has 0 rings (SSSR count). The number of amides is 2. The van der Waals surface area contributed by atoms with E-state index < -0.39 is 8.32 Å². The summed E-state index contributed by atoms with van der Waals surface area (Å²) >= 11 is 0. The average Bonchev–Trinajstić information content (AvgIpc) is 2.25. The Labute approximate surface area is 117 Å². The lowest BCUT2D eigenvalue weighted by Crippen LogP contribution is -2.56. The zero-order chi connectivity index (χ0) is 15.2. The molecule has 0 spiro atoms. The van der Waals surface area contributed by atoms with Gasteiger partial charge in [-0.05, 0) is 31.5 Å². The largest absolute Gasteiger partial charge is 0.397 e. The van der Waals surface area contributed by atoms with Gasteiger partial charge in [-0.25, -0.2) is 0 Å². The molecule has 5 nitrogen and oxygen atoms in total. The van der Waals surface area contributed by atoms with E-state index in [0.717, 1.165) is 6.41 Å². The highest BCUT2D eigenvalue weighted by Gasteiger charge is 2.33. The molecular weight excluding hydrogens is 260 g/mol. The first-order chi connectivity index (χ1) is 8.64. The van der Waals surface area contributed by atoms with E-state index in [-0.39, 0.29) is 24.2 Å². The van der Waals surface area contributed by atoms with Gasteiger partial charge < -0.3 is 9.74 Å². The number of hydrogen-bond donors (Lipinski definition) is 1. The highest BCUT2D eigenvalue weighted by molar-refractivity contribution is 6.69. The Morgan fingerprint density at radius 3 is 1.84 bits per heavy atom. The van der Waals surface area contributed by atoms with Crippen molar-refractivity contribution in [2.75, 3.05) is 0 Å². The molecule has 2 amide bonds. The molecule has 0 aliphatic carbocycles. The number of nitrogens with zero attached hydrogens (tertiary/aromatic N) is 1. The summed E-state index contributed by atoms with van der Waals surface area (Å²) in [5.41, 5.74) is 0. The van der Waals surface area contributed by atoms with Crippen molar-refractivity contribution in [1.29, 1.82) is 0 Å². The summed E-state index contributed by atoms with van der Waals surface area (Å²) < 4.78 is 6.11. The lowest BCUT2D eigenvalue weighted by molar-refractivity contribution is -0.138. The molecule has 1 N–H and O–H groups in total. The van der Waals surface area contributed by atoms with Crippen molar-refractivity contribution in [2.24, 2.45) is 11.8 Å². The smallest absolute Gasteiger partial charge is 0.213 e. The van der Waals surface area contributed by atoms with Crippen LogP contribution in [-0.4, -0.2) is 38.4 Å². The van der Waals surface area contributed by atoms with Gasteiger partial charge in [-0.1, -0.05) is 27.7 Å². The molecule has 19 heavy (non-hydrogen) atoms. The van der Waals surface area contributed by atoms with Crippen molar-refractivity contribution in [3.63, 3.8) is 0 Å². The third-order valence-electron chi connectivity index (χ3n) is 2.65. The van der Waals surface area contributed by atoms with Crippen molar-refractivity contribution >= 4 is 21.1 Å². The minimum atomic E-state index is -1.78. The lowest BCUT2D eigenvalue weighted by atomic mass is 10.1. The van der Waals surface area contributed by atoms with Crippen LogP contribution in [0.2, 0.25) is 19.6 Å². The number of carbonyl (C=O) groups excluding carboxylic acids is 2. The maximum atomic E-state index is 11.5. The number of hydrogen-bond acceptors (Lipinski definition) is 3. The molecule has 2 atom stereocenters. The van der Waals surface area contributed by atoms with Crippen LogP contribution in [0.3, 0.4) is 0 Å². The van der Waals surface area contributed by atoms with Crippen LogP contribution in [-0.2, 0) is 14.0 Å². The van der Waals surface area contributed by atoms with Crippen molar-refractivity contribution < 1.29 is 14.0 Å². The fraction of sp³-hybridized carbons (Fsp3) is 0.846. The Kier molecular flexibility index (Phi) is 7.29. The topological polar surface area (TPSA) is 58.6 Å². The van der Waals surface area contributed by atoms with Crippen molar-refractivity contribution in [2.45, 2.75) is 59.7 Å². The van der Waals surface area contributed by atoms with Gasteiger partial charge in [0.2, 0.25) is 12.8 Å². The normalized spacial score (nSPS) is 15.2. The third kappa shape index (κ3) is 6.20. The predicted octanol–water partition coefficient (Wildman–Crippen LogP) is 2.01. The first kappa shape index (κ1) is 18.1. The van der Waals surface area contributed by atoms with Crippen LogP contribution in [0.15, 0.2) is 0 Å². The quantitative estimate of drug-likeness (QED) is 0.401. The number of rotatable bonds is 9. The number of carbonyl (C=O) groups is 2. The monoisotopic (exact) mass is 288 g/mol. The molecule has 0 saturated carbocycles. The molecule has 6 heteroatoms. The second kappa shape index (κ2) is 7.64. The van der Waals surface area contributed by atoms with Crippen molar-refractivity contribution in [3.05, 3.63) is 0 Å². The second-order valence-corrected chi connectivity index (χ2v) is 10.9. The molecule has 2 unspecified atom stereocenters. The third-order valence-corrected chi connectivity index (χ3v) is 3.60. The Morgan fingerprint density at radius 2 is 1.58 bits per heavy atom. The summed E-state index contributed by atoms with van der Waals surface area (Å²) in [7, 11) is -1.78. The van der Waals surface area contributed by atoms with E-state index in [1.54, 1.807) is 4.90 Å². The maximum absolute atomic E-state index is 11.5. The summed E-state index contributed by atoms with van der Waals surface area (Å²) in [6.07, 6.45) is 0.738. The Morgan fingerprint density at radius 1 is 1.05 bits per heavy atom. The molecule has 0 saturated heterocycles. The molecule has 0 fully saturated rings. The first-order valence-electron chi connectivity index (χ1n) is 6.74. The summed E-state index contributed by atoms with van der Waals surface area (Å²) in [5, 5.41) is 2.70. The standard InChI is InChI=1S/C13H28N2O3Si/c1-10(2)12(14-8-16)15(9-17)13(11(3)4)18-19(5,6)7/h8-13H,1-7H3,(H,14,16). The molecule has 0 aliphatic rings. The van der Waals surface area contributed by atoms with Gasteiger partial charge >= 0.3 is 0 Å². The fourth-order valence-electron chi connectivity index (χ4n) is 1.88. The SMILES string of the molecule is CC(C)C(NC=O)N(C=O)C(O[Si](C)(C)C)C(C)C. The molecule has 0 bridgehead atoms. The van der Waals surface area contributed by atoms with E-state index in [2.05, 4.69) is 25.0 Å². The summed E-state index contributed by atoms with van der Waals surface area (Å²) in [6, 6.07) is 0. The van der Waals surface area contributed by atoms with Crippen LogP contribution < -0.4 is 5.32 Å². The van der Waals surface area contributed by atoms with Gasteiger partial charge in [0, 0.05) is 0 Å². The molecule has 0 aromatic heterocycles. The zero-order valence-electron chi connectivity index (χ0n) is 13.1. The van der Waals surface area contributed by atoms with Gasteiger partial charge in [0.05, 0.1) is 0 Å². The molecular formula is C13H28N2O3Si. The zero-order valence-corrected chi connectivity index (χ0v) is 14.1. The minimum absolute atomic E-state index is 0.113. The van der Waals surface area contributed by atoms with E-state index in [1.165, 1.54) is 0 Å². The van der Waals surface area contributed by atoms with Crippen LogP contribution in [0, 0.1) is 11.8 Å². The highest BCUT2D eigenvalue weighted by Crippen LogP contribution is 2.21. The molecule has 0 heterocycles. The van der Waals surface area contributed by atoms with Gasteiger partial charge in [0.1, 0.15) is 12.4 Å². The van der Waals surface area contributed by atoms with E-state index >= 15 is 0 Å². The highest BCUT2D eigenvalue weighted by atomic mass is 28.4. The van der Waals surface area contributed by atoms with E-state index in [0.29, 0.717) is 6.41 Å². The van der Waals surface area contributed by atoms with Crippen molar-refractivity contribution in [3.8, 4) is 0 Å². The summed E-state index contributed by atoms with van der Waals surface area (Å²) in [5.74, 6) is 0.272. The maximum Gasteiger partial charge on any atom is 0.213 e.